The fourth-order valence-corrected chi connectivity index (χ4v) is 1.66. The highest BCUT2D eigenvalue weighted by Gasteiger charge is 2.31. The van der Waals surface area contributed by atoms with Crippen LogP contribution in [0.25, 0.3) is 0 Å². The van der Waals surface area contributed by atoms with Crippen molar-refractivity contribution in [2.45, 2.75) is 13.8 Å². The number of hydrogen-bond acceptors (Lipinski definition) is 1. The Bertz CT molecular complexity index is 143. The zero-order valence-corrected chi connectivity index (χ0v) is 7.10. The van der Waals surface area contributed by atoms with Crippen LogP contribution in [-0.4, -0.2) is 26.2 Å². The maximum Gasteiger partial charge on any atom is 0.234 e. The number of rotatable bonds is 2. The Hall–Kier alpha value is 0.0700. The Morgan fingerprint density at radius 2 is 2.10 bits per heavy atom. The van der Waals surface area contributed by atoms with Crippen molar-refractivity contribution in [1.29, 1.82) is 0 Å². The van der Waals surface area contributed by atoms with E-state index >= 15 is 0 Å². The maximum absolute atomic E-state index is 10.4. The summed E-state index contributed by atoms with van der Waals surface area (Å²) in [6.45, 7) is 5.84. The molecular formula is C6H13NO2S. The van der Waals surface area contributed by atoms with Gasteiger partial charge in [0.2, 0.25) is 11.3 Å². The first-order valence-corrected chi connectivity index (χ1v) is 4.53. The highest BCUT2D eigenvalue weighted by Crippen LogP contribution is 2.23. The summed E-state index contributed by atoms with van der Waals surface area (Å²) in [7, 11) is 0. The summed E-state index contributed by atoms with van der Waals surface area (Å²) in [5.41, 5.74) is 0. The largest absolute Gasteiger partial charge is 0.294 e. The van der Waals surface area contributed by atoms with Gasteiger partial charge >= 0.3 is 0 Å². The Morgan fingerprint density at radius 3 is 2.40 bits per heavy atom. The van der Waals surface area contributed by atoms with E-state index in [0.29, 0.717) is 11.8 Å². The summed E-state index contributed by atoms with van der Waals surface area (Å²) in [4.78, 5) is 0. The second-order valence-electron chi connectivity index (χ2n) is 3.08. The smallest absolute Gasteiger partial charge is 0.234 e. The molecule has 1 N–H and O–H groups in total. The molecule has 1 unspecified atom stereocenters. The van der Waals surface area contributed by atoms with E-state index in [4.69, 9.17) is 4.55 Å². The van der Waals surface area contributed by atoms with Crippen molar-refractivity contribution < 1.29 is 8.76 Å². The van der Waals surface area contributed by atoms with Crippen molar-refractivity contribution in [3.63, 3.8) is 0 Å². The molecule has 4 heteroatoms. The van der Waals surface area contributed by atoms with E-state index in [1.165, 1.54) is 0 Å². The van der Waals surface area contributed by atoms with E-state index in [9.17, 15) is 4.21 Å². The minimum absolute atomic E-state index is 0.621. The Morgan fingerprint density at radius 1 is 1.60 bits per heavy atom. The Kier molecular flexibility index (Phi) is 2.44. The van der Waals surface area contributed by atoms with Crippen LogP contribution in [0.5, 0.6) is 0 Å². The molecule has 1 fully saturated rings. The molecule has 0 saturated carbocycles. The van der Waals surface area contributed by atoms with E-state index in [-0.39, 0.29) is 0 Å². The van der Waals surface area contributed by atoms with Crippen LogP contribution in [0, 0.1) is 11.8 Å². The topological polar surface area (TPSA) is 40.5 Å². The molecule has 0 aromatic rings. The fourth-order valence-electron chi connectivity index (χ4n) is 1.02. The number of nitrogens with zero attached hydrogens (tertiary/aromatic N) is 1. The van der Waals surface area contributed by atoms with Crippen LogP contribution in [0.15, 0.2) is 0 Å². The lowest BCUT2D eigenvalue weighted by atomic mass is 9.91. The molecule has 1 atom stereocenters. The first-order valence-electron chi connectivity index (χ1n) is 3.47. The SMILES string of the molecule is CC(C)C1CN(S(=O)O)C1. The molecule has 10 heavy (non-hydrogen) atoms. The minimum atomic E-state index is -1.73. The first-order chi connectivity index (χ1) is 4.61. The zero-order chi connectivity index (χ0) is 7.72. The molecule has 0 radical (unpaired) electrons. The van der Waals surface area contributed by atoms with Gasteiger partial charge in [0, 0.05) is 13.1 Å². The van der Waals surface area contributed by atoms with Gasteiger partial charge in [0.25, 0.3) is 0 Å². The van der Waals surface area contributed by atoms with Gasteiger partial charge in [-0.3, -0.25) is 4.55 Å². The molecule has 3 nitrogen and oxygen atoms in total. The average molecular weight is 163 g/mol. The van der Waals surface area contributed by atoms with Gasteiger partial charge in [-0.15, -0.1) is 0 Å². The molecule has 1 heterocycles. The maximum atomic E-state index is 10.4. The molecule has 1 saturated heterocycles. The third-order valence-corrected chi connectivity index (χ3v) is 2.78. The van der Waals surface area contributed by atoms with E-state index in [0.717, 1.165) is 13.1 Å². The van der Waals surface area contributed by atoms with Gasteiger partial charge in [-0.25, -0.2) is 8.51 Å². The normalized spacial score (nSPS) is 24.8. The second kappa shape index (κ2) is 2.98. The van der Waals surface area contributed by atoms with Crippen LogP contribution >= 0.6 is 0 Å². The third-order valence-electron chi connectivity index (χ3n) is 2.04. The number of hydrogen-bond donors (Lipinski definition) is 1. The standard InChI is InChI=1S/C6H13NO2S/c1-5(2)6-3-7(4-6)10(8)9/h5-6H,3-4H2,1-2H3,(H,8,9). The van der Waals surface area contributed by atoms with E-state index < -0.39 is 11.3 Å². The summed E-state index contributed by atoms with van der Waals surface area (Å²) in [6.07, 6.45) is 0. The summed E-state index contributed by atoms with van der Waals surface area (Å²) < 4.78 is 20.5. The molecule has 0 bridgehead atoms. The van der Waals surface area contributed by atoms with Crippen molar-refractivity contribution >= 4 is 11.3 Å². The van der Waals surface area contributed by atoms with Gasteiger partial charge in [0.15, 0.2) is 0 Å². The van der Waals surface area contributed by atoms with Gasteiger partial charge in [-0.1, -0.05) is 13.8 Å². The third kappa shape index (κ3) is 1.56. The Labute approximate surface area is 63.8 Å². The van der Waals surface area contributed by atoms with Gasteiger partial charge in [-0.05, 0) is 11.8 Å². The predicted octanol–water partition coefficient (Wildman–Crippen LogP) is 0.711. The van der Waals surface area contributed by atoms with Crippen molar-refractivity contribution in [3.05, 3.63) is 0 Å². The lowest BCUT2D eigenvalue weighted by Crippen LogP contribution is -2.49. The molecule has 0 spiro atoms. The quantitative estimate of drug-likeness (QED) is 0.609. The summed E-state index contributed by atoms with van der Waals surface area (Å²) >= 11 is -1.73. The van der Waals surface area contributed by atoms with Gasteiger partial charge < -0.3 is 0 Å². The van der Waals surface area contributed by atoms with Crippen LogP contribution < -0.4 is 0 Å². The van der Waals surface area contributed by atoms with Crippen LogP contribution in [0.3, 0.4) is 0 Å². The minimum Gasteiger partial charge on any atom is -0.294 e. The van der Waals surface area contributed by atoms with Crippen molar-refractivity contribution in [1.82, 2.24) is 4.31 Å². The highest BCUT2D eigenvalue weighted by molar-refractivity contribution is 7.76. The van der Waals surface area contributed by atoms with E-state index in [1.54, 1.807) is 4.31 Å². The lowest BCUT2D eigenvalue weighted by Gasteiger charge is -2.38. The van der Waals surface area contributed by atoms with Crippen LogP contribution in [0.2, 0.25) is 0 Å². The van der Waals surface area contributed by atoms with E-state index in [1.807, 2.05) is 0 Å². The predicted molar refractivity (Wildman–Crippen MR) is 40.7 cm³/mol. The van der Waals surface area contributed by atoms with Crippen molar-refractivity contribution in [2.75, 3.05) is 13.1 Å². The average Bonchev–Trinajstić information content (AvgIpc) is 1.56. The molecule has 60 valence electrons. The molecule has 0 aromatic carbocycles. The van der Waals surface area contributed by atoms with Crippen molar-refractivity contribution in [2.24, 2.45) is 11.8 Å². The van der Waals surface area contributed by atoms with Crippen LogP contribution in [-0.2, 0) is 11.3 Å². The van der Waals surface area contributed by atoms with E-state index in [2.05, 4.69) is 13.8 Å². The van der Waals surface area contributed by atoms with Gasteiger partial charge in [-0.2, -0.15) is 0 Å². The van der Waals surface area contributed by atoms with Gasteiger partial charge in [0.05, 0.1) is 0 Å². The summed E-state index contributed by atoms with van der Waals surface area (Å²) in [5.74, 6) is 1.26. The fraction of sp³-hybridized carbons (Fsp3) is 1.00. The Balaban J connectivity index is 2.24. The highest BCUT2D eigenvalue weighted by atomic mass is 32.2. The zero-order valence-electron chi connectivity index (χ0n) is 6.28. The molecule has 1 rings (SSSR count). The lowest BCUT2D eigenvalue weighted by molar-refractivity contribution is 0.150. The summed E-state index contributed by atoms with van der Waals surface area (Å²) in [6, 6.07) is 0. The van der Waals surface area contributed by atoms with Crippen molar-refractivity contribution in [3.8, 4) is 0 Å². The summed E-state index contributed by atoms with van der Waals surface area (Å²) in [5, 5.41) is 0. The van der Waals surface area contributed by atoms with Crippen LogP contribution in [0.4, 0.5) is 0 Å². The monoisotopic (exact) mass is 163 g/mol. The molecule has 0 aliphatic carbocycles. The van der Waals surface area contributed by atoms with Crippen LogP contribution in [0.1, 0.15) is 13.8 Å². The first kappa shape index (κ1) is 8.17. The molecule has 1 aliphatic heterocycles. The molecule has 0 amide bonds. The molecular weight excluding hydrogens is 150 g/mol. The molecule has 0 aromatic heterocycles. The molecule has 1 aliphatic rings. The second-order valence-corrected chi connectivity index (χ2v) is 4.06. The van der Waals surface area contributed by atoms with Gasteiger partial charge in [0.1, 0.15) is 0 Å².